The van der Waals surface area contributed by atoms with Crippen molar-refractivity contribution in [2.75, 3.05) is 5.32 Å². The first kappa shape index (κ1) is 11.3. The highest BCUT2D eigenvalue weighted by molar-refractivity contribution is 5.41. The largest absolute Gasteiger partial charge is 0.391 e. The van der Waals surface area contributed by atoms with Crippen LogP contribution in [0.5, 0.6) is 0 Å². The molecule has 0 amide bonds. The summed E-state index contributed by atoms with van der Waals surface area (Å²) in [4.78, 5) is 8.68. The van der Waals surface area contributed by atoms with E-state index in [-0.39, 0.29) is 12.1 Å². The Hall–Kier alpha value is -1.16. The van der Waals surface area contributed by atoms with Gasteiger partial charge in [-0.3, -0.25) is 4.98 Å². The molecule has 2 unspecified atom stereocenters. The molecule has 0 bridgehead atoms. The molecule has 88 valence electrons. The number of aliphatic hydroxyl groups excluding tert-OH is 1. The summed E-state index contributed by atoms with van der Waals surface area (Å²) in [5, 5.41) is 13.2. The SMILES string of the molecule is Cc1cnc(C)c(NC2CCCCC2O)n1. The molecule has 2 rings (SSSR count). The normalized spacial score (nSPS) is 25.4. The molecule has 0 aliphatic heterocycles. The van der Waals surface area contributed by atoms with Crippen LogP contribution in [0.4, 0.5) is 5.82 Å². The number of nitrogens with one attached hydrogen (secondary N) is 1. The second kappa shape index (κ2) is 4.78. The van der Waals surface area contributed by atoms with Crippen molar-refractivity contribution in [1.29, 1.82) is 0 Å². The van der Waals surface area contributed by atoms with Crippen molar-refractivity contribution in [2.45, 2.75) is 51.7 Å². The van der Waals surface area contributed by atoms with Crippen LogP contribution in [0.1, 0.15) is 37.1 Å². The zero-order chi connectivity index (χ0) is 11.5. The summed E-state index contributed by atoms with van der Waals surface area (Å²) in [5.41, 5.74) is 1.79. The van der Waals surface area contributed by atoms with E-state index in [0.717, 1.165) is 36.5 Å². The lowest BCUT2D eigenvalue weighted by Gasteiger charge is -2.29. The van der Waals surface area contributed by atoms with Crippen molar-refractivity contribution in [3.05, 3.63) is 17.6 Å². The molecular formula is C12H19N3O. The molecule has 1 aliphatic carbocycles. The highest BCUT2D eigenvalue weighted by Crippen LogP contribution is 2.22. The molecule has 1 aliphatic rings. The third-order valence-electron chi connectivity index (χ3n) is 3.13. The molecule has 1 heterocycles. The average Bonchev–Trinajstić information content (AvgIpc) is 2.27. The Morgan fingerprint density at radius 1 is 1.31 bits per heavy atom. The fraction of sp³-hybridized carbons (Fsp3) is 0.667. The standard InChI is InChI=1S/C12H19N3O/c1-8-7-13-9(2)12(14-8)15-10-5-3-4-6-11(10)16/h7,10-11,16H,3-6H2,1-2H3,(H,14,15). The van der Waals surface area contributed by atoms with Crippen LogP contribution in [0.2, 0.25) is 0 Å². The zero-order valence-electron chi connectivity index (χ0n) is 9.90. The van der Waals surface area contributed by atoms with Gasteiger partial charge in [0.15, 0.2) is 0 Å². The van der Waals surface area contributed by atoms with Crippen LogP contribution in [0, 0.1) is 13.8 Å². The van der Waals surface area contributed by atoms with Crippen molar-refractivity contribution in [1.82, 2.24) is 9.97 Å². The molecule has 2 atom stereocenters. The Morgan fingerprint density at radius 3 is 2.81 bits per heavy atom. The number of anilines is 1. The summed E-state index contributed by atoms with van der Waals surface area (Å²) >= 11 is 0. The molecule has 2 N–H and O–H groups in total. The summed E-state index contributed by atoms with van der Waals surface area (Å²) in [6, 6.07) is 0.128. The van der Waals surface area contributed by atoms with E-state index in [2.05, 4.69) is 15.3 Å². The van der Waals surface area contributed by atoms with Crippen molar-refractivity contribution < 1.29 is 5.11 Å². The van der Waals surface area contributed by atoms with Gasteiger partial charge in [-0.15, -0.1) is 0 Å². The van der Waals surface area contributed by atoms with Crippen molar-refractivity contribution >= 4 is 5.82 Å². The summed E-state index contributed by atoms with van der Waals surface area (Å²) in [5.74, 6) is 0.811. The third-order valence-corrected chi connectivity index (χ3v) is 3.13. The van der Waals surface area contributed by atoms with Crippen LogP contribution >= 0.6 is 0 Å². The van der Waals surface area contributed by atoms with Gasteiger partial charge in [-0.1, -0.05) is 12.8 Å². The summed E-state index contributed by atoms with van der Waals surface area (Å²) in [6.07, 6.45) is 5.70. The maximum absolute atomic E-state index is 9.88. The van der Waals surface area contributed by atoms with Crippen molar-refractivity contribution in [2.24, 2.45) is 0 Å². The molecule has 16 heavy (non-hydrogen) atoms. The van der Waals surface area contributed by atoms with Crippen LogP contribution in [0.15, 0.2) is 6.20 Å². The predicted molar refractivity (Wildman–Crippen MR) is 63.4 cm³/mol. The Balaban J connectivity index is 2.10. The lowest BCUT2D eigenvalue weighted by molar-refractivity contribution is 0.116. The molecular weight excluding hydrogens is 202 g/mol. The van der Waals surface area contributed by atoms with Gasteiger partial charge in [-0.2, -0.15) is 0 Å². The van der Waals surface area contributed by atoms with E-state index in [0.29, 0.717) is 0 Å². The molecule has 1 fully saturated rings. The van der Waals surface area contributed by atoms with E-state index in [1.807, 2.05) is 13.8 Å². The average molecular weight is 221 g/mol. The van der Waals surface area contributed by atoms with Crippen LogP contribution in [0.3, 0.4) is 0 Å². The summed E-state index contributed by atoms with van der Waals surface area (Å²) in [7, 11) is 0. The number of hydrogen-bond donors (Lipinski definition) is 2. The maximum Gasteiger partial charge on any atom is 0.148 e. The van der Waals surface area contributed by atoms with Gasteiger partial charge in [0.2, 0.25) is 0 Å². The predicted octanol–water partition coefficient (Wildman–Crippen LogP) is 1.81. The first-order valence-electron chi connectivity index (χ1n) is 5.91. The molecule has 0 saturated heterocycles. The number of hydrogen-bond acceptors (Lipinski definition) is 4. The smallest absolute Gasteiger partial charge is 0.148 e. The van der Waals surface area contributed by atoms with E-state index in [4.69, 9.17) is 0 Å². The van der Waals surface area contributed by atoms with Crippen molar-refractivity contribution in [3.8, 4) is 0 Å². The molecule has 1 saturated carbocycles. The Kier molecular flexibility index (Phi) is 3.39. The molecule has 1 aromatic heterocycles. The van der Waals surface area contributed by atoms with Gasteiger partial charge in [0.1, 0.15) is 5.82 Å². The van der Waals surface area contributed by atoms with Crippen molar-refractivity contribution in [3.63, 3.8) is 0 Å². The van der Waals surface area contributed by atoms with Gasteiger partial charge in [-0.05, 0) is 26.7 Å². The van der Waals surface area contributed by atoms with E-state index in [9.17, 15) is 5.11 Å². The monoisotopic (exact) mass is 221 g/mol. The highest BCUT2D eigenvalue weighted by atomic mass is 16.3. The molecule has 0 spiro atoms. The Morgan fingerprint density at radius 2 is 2.06 bits per heavy atom. The Bertz CT molecular complexity index is 367. The van der Waals surface area contributed by atoms with Gasteiger partial charge in [0.05, 0.1) is 23.5 Å². The Labute approximate surface area is 96.1 Å². The molecule has 0 aromatic carbocycles. The first-order valence-corrected chi connectivity index (χ1v) is 5.91. The second-order valence-electron chi connectivity index (χ2n) is 4.55. The quantitative estimate of drug-likeness (QED) is 0.799. The number of aliphatic hydroxyl groups is 1. The van der Waals surface area contributed by atoms with Crippen LogP contribution in [-0.2, 0) is 0 Å². The maximum atomic E-state index is 9.88. The minimum absolute atomic E-state index is 0.128. The molecule has 4 heteroatoms. The van der Waals surface area contributed by atoms with Gasteiger partial charge in [-0.25, -0.2) is 4.98 Å². The van der Waals surface area contributed by atoms with Gasteiger partial charge >= 0.3 is 0 Å². The lowest BCUT2D eigenvalue weighted by Crippen LogP contribution is -2.36. The highest BCUT2D eigenvalue weighted by Gasteiger charge is 2.23. The van der Waals surface area contributed by atoms with Crippen LogP contribution in [-0.4, -0.2) is 27.2 Å². The van der Waals surface area contributed by atoms with E-state index in [1.165, 1.54) is 6.42 Å². The number of nitrogens with zero attached hydrogens (tertiary/aromatic N) is 2. The van der Waals surface area contributed by atoms with Crippen LogP contribution < -0.4 is 5.32 Å². The first-order chi connectivity index (χ1) is 7.66. The number of aryl methyl sites for hydroxylation is 2. The van der Waals surface area contributed by atoms with E-state index in [1.54, 1.807) is 6.20 Å². The fourth-order valence-electron chi connectivity index (χ4n) is 2.13. The van der Waals surface area contributed by atoms with E-state index >= 15 is 0 Å². The van der Waals surface area contributed by atoms with Crippen LogP contribution in [0.25, 0.3) is 0 Å². The topological polar surface area (TPSA) is 58.0 Å². The fourth-order valence-corrected chi connectivity index (χ4v) is 2.13. The molecule has 0 radical (unpaired) electrons. The van der Waals surface area contributed by atoms with Gasteiger partial charge in [0.25, 0.3) is 0 Å². The summed E-state index contributed by atoms with van der Waals surface area (Å²) in [6.45, 7) is 3.86. The molecule has 1 aromatic rings. The number of aromatic nitrogens is 2. The lowest BCUT2D eigenvalue weighted by atomic mass is 9.92. The van der Waals surface area contributed by atoms with E-state index < -0.39 is 0 Å². The minimum atomic E-state index is -0.254. The van der Waals surface area contributed by atoms with Gasteiger partial charge in [0, 0.05) is 6.20 Å². The van der Waals surface area contributed by atoms with Gasteiger partial charge < -0.3 is 10.4 Å². The third kappa shape index (κ3) is 2.50. The second-order valence-corrected chi connectivity index (χ2v) is 4.55. The zero-order valence-corrected chi connectivity index (χ0v) is 9.90. The summed E-state index contributed by atoms with van der Waals surface area (Å²) < 4.78 is 0. The number of rotatable bonds is 2. The molecule has 4 nitrogen and oxygen atoms in total. The minimum Gasteiger partial charge on any atom is -0.391 e.